The zero-order chi connectivity index (χ0) is 23.8. The average molecular weight is 456 g/mol. The molecule has 0 aliphatic rings. The van der Waals surface area contributed by atoms with Gasteiger partial charge in [0.2, 0.25) is 0 Å². The summed E-state index contributed by atoms with van der Waals surface area (Å²) in [5, 5.41) is 1.39. The maximum atomic E-state index is 12.9. The van der Waals surface area contributed by atoms with Gasteiger partial charge in [-0.05, 0) is 48.9 Å². The van der Waals surface area contributed by atoms with Gasteiger partial charge in [0.25, 0.3) is 0 Å². The predicted molar refractivity (Wildman–Crippen MR) is 127 cm³/mol. The zero-order valence-corrected chi connectivity index (χ0v) is 18.7. The molecule has 0 spiro atoms. The van der Waals surface area contributed by atoms with Crippen molar-refractivity contribution in [2.75, 3.05) is 14.2 Å². The SMILES string of the molecule is COc1ccccc1C(=O)Oc1cc2c(-c3cc4cccc(OC)c4o3)cc(=O)oc2cc1C. The Balaban J connectivity index is 1.64. The molecule has 0 radical (unpaired) electrons. The average Bonchev–Trinajstić information content (AvgIpc) is 3.28. The third kappa shape index (κ3) is 3.67. The highest BCUT2D eigenvalue weighted by molar-refractivity contribution is 5.98. The molecule has 0 atom stereocenters. The summed E-state index contributed by atoms with van der Waals surface area (Å²) in [7, 11) is 3.05. The van der Waals surface area contributed by atoms with Gasteiger partial charge in [-0.3, -0.25) is 0 Å². The van der Waals surface area contributed by atoms with Crippen LogP contribution in [0.4, 0.5) is 0 Å². The molecule has 0 saturated carbocycles. The van der Waals surface area contributed by atoms with E-state index < -0.39 is 11.6 Å². The number of carbonyl (C=O) groups is 1. The molecule has 170 valence electrons. The smallest absolute Gasteiger partial charge is 0.347 e. The molecule has 34 heavy (non-hydrogen) atoms. The summed E-state index contributed by atoms with van der Waals surface area (Å²) in [5.41, 5.74) is 1.84. The fourth-order valence-corrected chi connectivity index (χ4v) is 3.90. The van der Waals surface area contributed by atoms with Crippen LogP contribution < -0.4 is 19.8 Å². The maximum Gasteiger partial charge on any atom is 0.347 e. The molecule has 0 unspecified atom stereocenters. The topological polar surface area (TPSA) is 88.1 Å². The van der Waals surface area contributed by atoms with E-state index in [0.29, 0.717) is 56.3 Å². The van der Waals surface area contributed by atoms with E-state index >= 15 is 0 Å². The summed E-state index contributed by atoms with van der Waals surface area (Å²) >= 11 is 0. The molecule has 0 fully saturated rings. The molecule has 0 N–H and O–H groups in total. The van der Waals surface area contributed by atoms with Crippen molar-refractivity contribution < 1.29 is 27.8 Å². The van der Waals surface area contributed by atoms with Crippen LogP contribution in [0.3, 0.4) is 0 Å². The Morgan fingerprint density at radius 3 is 2.38 bits per heavy atom. The van der Waals surface area contributed by atoms with E-state index in [1.165, 1.54) is 13.2 Å². The van der Waals surface area contributed by atoms with Crippen LogP contribution >= 0.6 is 0 Å². The lowest BCUT2D eigenvalue weighted by Gasteiger charge is -2.12. The van der Waals surface area contributed by atoms with Crippen LogP contribution in [-0.4, -0.2) is 20.2 Å². The fourth-order valence-electron chi connectivity index (χ4n) is 3.90. The zero-order valence-electron chi connectivity index (χ0n) is 18.7. The molecule has 3 aromatic carbocycles. The van der Waals surface area contributed by atoms with Crippen LogP contribution in [0.15, 0.2) is 80.4 Å². The molecule has 0 aliphatic carbocycles. The van der Waals surface area contributed by atoms with Crippen molar-refractivity contribution in [1.29, 1.82) is 0 Å². The van der Waals surface area contributed by atoms with Crippen LogP contribution in [-0.2, 0) is 0 Å². The number of carbonyl (C=O) groups excluding carboxylic acids is 1. The minimum Gasteiger partial charge on any atom is -0.496 e. The van der Waals surface area contributed by atoms with E-state index in [9.17, 15) is 9.59 Å². The molecule has 5 aromatic rings. The number of para-hydroxylation sites is 2. The number of furan rings is 1. The summed E-state index contributed by atoms with van der Waals surface area (Å²) in [4.78, 5) is 25.2. The molecule has 5 rings (SSSR count). The summed E-state index contributed by atoms with van der Waals surface area (Å²) < 4.78 is 27.8. The molecule has 7 heteroatoms. The number of ether oxygens (including phenoxy) is 3. The molecular formula is C27H20O7. The Morgan fingerprint density at radius 1 is 0.824 bits per heavy atom. The van der Waals surface area contributed by atoms with Crippen LogP contribution in [0.5, 0.6) is 17.2 Å². The second-order valence-corrected chi connectivity index (χ2v) is 7.67. The molecule has 0 bridgehead atoms. The number of aryl methyl sites for hydroxylation is 1. The van der Waals surface area contributed by atoms with Crippen LogP contribution in [0.25, 0.3) is 33.3 Å². The lowest BCUT2D eigenvalue weighted by Crippen LogP contribution is -2.11. The van der Waals surface area contributed by atoms with Gasteiger partial charge in [-0.15, -0.1) is 0 Å². The summed E-state index contributed by atoms with van der Waals surface area (Å²) in [6.45, 7) is 1.77. The Morgan fingerprint density at radius 2 is 1.59 bits per heavy atom. The van der Waals surface area contributed by atoms with Gasteiger partial charge in [0.1, 0.15) is 28.4 Å². The maximum absolute atomic E-state index is 12.9. The third-order valence-corrected chi connectivity index (χ3v) is 5.56. The highest BCUT2D eigenvalue weighted by Gasteiger charge is 2.19. The van der Waals surface area contributed by atoms with Crippen molar-refractivity contribution >= 4 is 27.9 Å². The van der Waals surface area contributed by atoms with Crippen molar-refractivity contribution in [2.45, 2.75) is 6.92 Å². The minimum absolute atomic E-state index is 0.300. The second-order valence-electron chi connectivity index (χ2n) is 7.67. The number of fused-ring (bicyclic) bond motifs is 2. The highest BCUT2D eigenvalue weighted by atomic mass is 16.5. The molecule has 2 aromatic heterocycles. The third-order valence-electron chi connectivity index (χ3n) is 5.56. The van der Waals surface area contributed by atoms with E-state index in [1.54, 1.807) is 56.5 Å². The number of esters is 1. The molecule has 0 saturated heterocycles. The van der Waals surface area contributed by atoms with Crippen molar-refractivity contribution in [3.05, 3.63) is 88.3 Å². The molecule has 2 heterocycles. The van der Waals surface area contributed by atoms with Gasteiger partial charge in [-0.25, -0.2) is 9.59 Å². The van der Waals surface area contributed by atoms with Gasteiger partial charge in [-0.1, -0.05) is 24.3 Å². The van der Waals surface area contributed by atoms with Gasteiger partial charge in [-0.2, -0.15) is 0 Å². The first-order valence-electron chi connectivity index (χ1n) is 10.5. The quantitative estimate of drug-likeness (QED) is 0.189. The number of hydrogen-bond acceptors (Lipinski definition) is 7. The van der Waals surface area contributed by atoms with Gasteiger partial charge in [0.05, 0.1) is 14.2 Å². The second kappa shape index (κ2) is 8.44. The van der Waals surface area contributed by atoms with E-state index in [0.717, 1.165) is 5.39 Å². The van der Waals surface area contributed by atoms with Crippen molar-refractivity contribution in [1.82, 2.24) is 0 Å². The molecule has 7 nitrogen and oxygen atoms in total. The van der Waals surface area contributed by atoms with Gasteiger partial charge in [0, 0.05) is 22.4 Å². The first-order chi connectivity index (χ1) is 16.5. The number of hydrogen-bond donors (Lipinski definition) is 0. The molecular weight excluding hydrogens is 436 g/mol. The number of methoxy groups -OCH3 is 2. The van der Waals surface area contributed by atoms with Crippen molar-refractivity contribution in [2.24, 2.45) is 0 Å². The Kier molecular flexibility index (Phi) is 5.30. The largest absolute Gasteiger partial charge is 0.496 e. The lowest BCUT2D eigenvalue weighted by molar-refractivity contribution is 0.0730. The number of benzene rings is 3. The Hall–Kier alpha value is -4.52. The molecule has 0 amide bonds. The monoisotopic (exact) mass is 456 g/mol. The van der Waals surface area contributed by atoms with Gasteiger partial charge in [0.15, 0.2) is 11.3 Å². The number of rotatable bonds is 5. The van der Waals surface area contributed by atoms with E-state index in [2.05, 4.69) is 0 Å². The molecule has 0 aliphatic heterocycles. The Bertz CT molecular complexity index is 1610. The van der Waals surface area contributed by atoms with Gasteiger partial charge >= 0.3 is 11.6 Å². The predicted octanol–water partition coefficient (Wildman–Crippen LogP) is 5.75. The van der Waals surface area contributed by atoms with E-state index in [-0.39, 0.29) is 0 Å². The summed E-state index contributed by atoms with van der Waals surface area (Å²) in [6.07, 6.45) is 0. The summed E-state index contributed by atoms with van der Waals surface area (Å²) in [5.74, 6) is 1.22. The first-order valence-corrected chi connectivity index (χ1v) is 10.5. The van der Waals surface area contributed by atoms with Crippen molar-refractivity contribution in [3.63, 3.8) is 0 Å². The van der Waals surface area contributed by atoms with Crippen LogP contribution in [0, 0.1) is 6.92 Å². The minimum atomic E-state index is -0.563. The normalized spacial score (nSPS) is 11.0. The fraction of sp³-hybridized carbons (Fsp3) is 0.111. The summed E-state index contributed by atoms with van der Waals surface area (Å²) in [6, 6.07) is 18.9. The first kappa shape index (κ1) is 21.3. The van der Waals surface area contributed by atoms with Crippen molar-refractivity contribution in [3.8, 4) is 28.6 Å². The standard InChI is InChI=1S/C27H20O7/c1-15-11-23-18(13-22(15)34-27(29)17-8-4-5-9-20(17)30-2)19(14-25(28)32-23)24-12-16-7-6-10-21(31-3)26(16)33-24/h4-14H,1-3H3. The van der Waals surface area contributed by atoms with Gasteiger partial charge < -0.3 is 23.0 Å². The van der Waals surface area contributed by atoms with Crippen LogP contribution in [0.2, 0.25) is 0 Å². The lowest BCUT2D eigenvalue weighted by atomic mass is 10.0. The van der Waals surface area contributed by atoms with E-state index in [1.807, 2.05) is 18.2 Å². The highest BCUT2D eigenvalue weighted by Crippen LogP contribution is 2.37. The Labute approximate surface area is 194 Å². The van der Waals surface area contributed by atoms with Crippen LogP contribution in [0.1, 0.15) is 15.9 Å². The van der Waals surface area contributed by atoms with E-state index in [4.69, 9.17) is 23.0 Å².